The summed E-state index contributed by atoms with van der Waals surface area (Å²) in [6.07, 6.45) is 0. The molecule has 0 saturated carbocycles. The molecular formula is C24H20FN3O6S2. The minimum absolute atomic E-state index is 0.0715. The molecule has 2 aromatic carbocycles. The van der Waals surface area contributed by atoms with Gasteiger partial charge in [0.05, 0.1) is 17.6 Å². The van der Waals surface area contributed by atoms with Gasteiger partial charge in [-0.25, -0.2) is 4.39 Å². The standard InChI is InChI=1S/C24H20FN3O6S2/c1-2-34-15-9-11(3-8-14(15)29)17-18-19(22(32)27-21(18)31)35-23-20(17)36-24(33)28(23)10-16(30)26-13-6-4-12(25)5-7-13/h3-9,17-19,29H,2,10H2,1H3,(H,26,30)(H,27,31,32). The van der Waals surface area contributed by atoms with Crippen LogP contribution in [0.15, 0.2) is 52.3 Å². The lowest BCUT2D eigenvalue weighted by Crippen LogP contribution is -2.32. The first-order valence-electron chi connectivity index (χ1n) is 11.0. The summed E-state index contributed by atoms with van der Waals surface area (Å²) in [4.78, 5) is 51.3. The van der Waals surface area contributed by atoms with Crippen LogP contribution in [0.4, 0.5) is 10.1 Å². The molecule has 1 aromatic heterocycles. The van der Waals surface area contributed by atoms with Crippen molar-refractivity contribution >= 4 is 46.5 Å². The summed E-state index contributed by atoms with van der Waals surface area (Å²) in [5.74, 6) is -3.13. The Labute approximate surface area is 212 Å². The number of carbonyl (C=O) groups excluding carboxylic acids is 3. The molecule has 2 aliphatic heterocycles. The topological polar surface area (TPSA) is 127 Å². The van der Waals surface area contributed by atoms with Crippen LogP contribution in [0.2, 0.25) is 0 Å². The normalized spacial score (nSPS) is 20.4. The van der Waals surface area contributed by atoms with Gasteiger partial charge >= 0.3 is 4.87 Å². The lowest BCUT2D eigenvalue weighted by atomic mass is 9.83. The predicted molar refractivity (Wildman–Crippen MR) is 131 cm³/mol. The maximum atomic E-state index is 13.2. The third kappa shape index (κ3) is 4.26. The fourth-order valence-electron chi connectivity index (χ4n) is 4.41. The van der Waals surface area contributed by atoms with Gasteiger partial charge in [-0.05, 0) is 48.9 Å². The van der Waals surface area contributed by atoms with Crippen LogP contribution in [0, 0.1) is 11.7 Å². The number of carbonyl (C=O) groups is 3. The summed E-state index contributed by atoms with van der Waals surface area (Å²) >= 11 is 1.99. The maximum Gasteiger partial charge on any atom is 0.308 e. The lowest BCUT2D eigenvalue weighted by molar-refractivity contribution is -0.126. The van der Waals surface area contributed by atoms with Crippen LogP contribution in [0.1, 0.15) is 23.3 Å². The Hall–Kier alpha value is -3.64. The molecule has 9 nitrogen and oxygen atoms in total. The molecule has 5 rings (SSSR count). The molecule has 3 unspecified atom stereocenters. The Morgan fingerprint density at radius 1 is 1.17 bits per heavy atom. The number of phenolic OH excluding ortho intramolecular Hbond substituents is 1. The van der Waals surface area contributed by atoms with E-state index in [1.54, 1.807) is 19.1 Å². The van der Waals surface area contributed by atoms with Gasteiger partial charge in [0.25, 0.3) is 0 Å². The third-order valence-electron chi connectivity index (χ3n) is 5.96. The number of benzene rings is 2. The number of amides is 3. The highest BCUT2D eigenvalue weighted by Gasteiger charge is 2.53. The molecule has 0 radical (unpaired) electrons. The van der Waals surface area contributed by atoms with E-state index in [9.17, 15) is 28.7 Å². The highest BCUT2D eigenvalue weighted by molar-refractivity contribution is 8.00. The number of fused-ring (bicyclic) bond motifs is 2. The SMILES string of the molecule is CCOc1cc(C2c3sc(=O)n(CC(=O)Nc4ccc(F)cc4)c3SC3C(=O)NC(=O)C32)ccc1O. The van der Waals surface area contributed by atoms with E-state index in [-0.39, 0.29) is 18.0 Å². The monoisotopic (exact) mass is 529 g/mol. The zero-order valence-corrected chi connectivity index (χ0v) is 20.5. The van der Waals surface area contributed by atoms with E-state index in [2.05, 4.69) is 10.6 Å². The smallest absolute Gasteiger partial charge is 0.308 e. The van der Waals surface area contributed by atoms with E-state index in [0.717, 1.165) is 23.1 Å². The second-order valence-electron chi connectivity index (χ2n) is 8.23. The van der Waals surface area contributed by atoms with Crippen molar-refractivity contribution in [2.45, 2.75) is 29.7 Å². The van der Waals surface area contributed by atoms with Crippen LogP contribution in [0.3, 0.4) is 0 Å². The number of halogens is 1. The molecule has 186 valence electrons. The van der Waals surface area contributed by atoms with Crippen LogP contribution in [-0.4, -0.2) is 39.3 Å². The number of hydrogen-bond acceptors (Lipinski definition) is 8. The van der Waals surface area contributed by atoms with Gasteiger partial charge in [0.1, 0.15) is 17.6 Å². The molecule has 0 bridgehead atoms. The Balaban J connectivity index is 1.54. The summed E-state index contributed by atoms with van der Waals surface area (Å²) in [5, 5.41) is 14.8. The third-order valence-corrected chi connectivity index (χ3v) is 8.58. The van der Waals surface area contributed by atoms with Crippen molar-refractivity contribution in [2.24, 2.45) is 5.92 Å². The van der Waals surface area contributed by atoms with E-state index in [4.69, 9.17) is 4.74 Å². The van der Waals surface area contributed by atoms with Gasteiger partial charge in [0, 0.05) is 16.5 Å². The molecule has 3 atom stereocenters. The molecule has 0 spiro atoms. The molecule has 1 fully saturated rings. The van der Waals surface area contributed by atoms with E-state index < -0.39 is 45.5 Å². The van der Waals surface area contributed by atoms with Crippen molar-refractivity contribution in [3.8, 4) is 11.5 Å². The first-order chi connectivity index (χ1) is 17.3. The average molecular weight is 530 g/mol. The number of nitrogens with zero attached hydrogens (tertiary/aromatic N) is 1. The summed E-state index contributed by atoms with van der Waals surface area (Å²) in [6, 6.07) is 9.91. The number of nitrogens with one attached hydrogen (secondary N) is 2. The Kier molecular flexibility index (Phi) is 6.31. The quantitative estimate of drug-likeness (QED) is 0.419. The Morgan fingerprint density at radius 2 is 1.92 bits per heavy atom. The number of thioether (sulfide) groups is 1. The van der Waals surface area contributed by atoms with Gasteiger partial charge in [0.15, 0.2) is 11.5 Å². The fourth-order valence-corrected chi connectivity index (χ4v) is 7.15. The molecule has 12 heteroatoms. The molecule has 3 amide bonds. The van der Waals surface area contributed by atoms with Crippen LogP contribution in [0.5, 0.6) is 11.5 Å². The van der Waals surface area contributed by atoms with Crippen molar-refractivity contribution in [3.63, 3.8) is 0 Å². The first-order valence-corrected chi connectivity index (χ1v) is 12.7. The van der Waals surface area contributed by atoms with Crippen molar-refractivity contribution < 1.29 is 28.6 Å². The first kappa shape index (κ1) is 24.1. The van der Waals surface area contributed by atoms with E-state index in [1.807, 2.05) is 0 Å². The number of ether oxygens (including phenoxy) is 1. The van der Waals surface area contributed by atoms with Crippen molar-refractivity contribution in [1.29, 1.82) is 0 Å². The highest BCUT2D eigenvalue weighted by atomic mass is 32.2. The number of anilines is 1. The maximum absolute atomic E-state index is 13.2. The summed E-state index contributed by atoms with van der Waals surface area (Å²) in [7, 11) is 0. The number of hydrogen-bond donors (Lipinski definition) is 3. The Morgan fingerprint density at radius 3 is 2.64 bits per heavy atom. The number of rotatable bonds is 6. The van der Waals surface area contributed by atoms with E-state index >= 15 is 0 Å². The fraction of sp³-hybridized carbons (Fsp3) is 0.250. The Bertz CT molecular complexity index is 1430. The lowest BCUT2D eigenvalue weighted by Gasteiger charge is -2.31. The van der Waals surface area contributed by atoms with Crippen molar-refractivity contribution in [2.75, 3.05) is 11.9 Å². The molecule has 3 heterocycles. The van der Waals surface area contributed by atoms with Crippen LogP contribution >= 0.6 is 23.1 Å². The number of phenols is 1. The average Bonchev–Trinajstić information content (AvgIpc) is 3.30. The molecule has 1 saturated heterocycles. The minimum Gasteiger partial charge on any atom is -0.504 e. The second-order valence-corrected chi connectivity index (χ2v) is 10.4. The van der Waals surface area contributed by atoms with Crippen molar-refractivity contribution in [1.82, 2.24) is 9.88 Å². The molecule has 2 aliphatic rings. The van der Waals surface area contributed by atoms with E-state index in [1.165, 1.54) is 34.9 Å². The van der Waals surface area contributed by atoms with Crippen LogP contribution in [-0.2, 0) is 20.9 Å². The number of aromatic hydroxyl groups is 1. The van der Waals surface area contributed by atoms with Gasteiger partial charge in [-0.15, -0.1) is 0 Å². The molecule has 36 heavy (non-hydrogen) atoms. The largest absolute Gasteiger partial charge is 0.504 e. The van der Waals surface area contributed by atoms with Gasteiger partial charge < -0.3 is 15.2 Å². The molecule has 3 N–H and O–H groups in total. The van der Waals surface area contributed by atoms with Gasteiger partial charge in [0.2, 0.25) is 17.7 Å². The predicted octanol–water partition coefficient (Wildman–Crippen LogP) is 2.67. The molecular weight excluding hydrogens is 509 g/mol. The summed E-state index contributed by atoms with van der Waals surface area (Å²) in [6.45, 7) is 1.75. The summed E-state index contributed by atoms with van der Waals surface area (Å²) < 4.78 is 19.9. The number of aromatic nitrogens is 1. The second kappa shape index (κ2) is 9.43. The zero-order chi connectivity index (χ0) is 25.6. The highest BCUT2D eigenvalue weighted by Crippen LogP contribution is 2.52. The van der Waals surface area contributed by atoms with E-state index in [0.29, 0.717) is 27.8 Å². The number of imide groups is 1. The van der Waals surface area contributed by atoms with Crippen LogP contribution < -0.4 is 20.2 Å². The van der Waals surface area contributed by atoms with Gasteiger partial charge in [-0.3, -0.25) is 29.1 Å². The molecule has 0 aliphatic carbocycles. The van der Waals surface area contributed by atoms with Gasteiger partial charge in [-0.2, -0.15) is 0 Å². The van der Waals surface area contributed by atoms with Crippen LogP contribution in [0.25, 0.3) is 0 Å². The van der Waals surface area contributed by atoms with Gasteiger partial charge in [-0.1, -0.05) is 29.2 Å². The minimum atomic E-state index is -0.792. The zero-order valence-electron chi connectivity index (χ0n) is 18.8. The molecule has 3 aromatic rings. The van der Waals surface area contributed by atoms with Crippen molar-refractivity contribution in [3.05, 3.63) is 68.4 Å². The summed E-state index contributed by atoms with van der Waals surface area (Å²) in [5.41, 5.74) is 0.972. The number of thiazole rings is 1.